The smallest absolute Gasteiger partial charge is 0.191 e. The summed E-state index contributed by atoms with van der Waals surface area (Å²) < 4.78 is 2.37. The molecule has 7 heteroatoms. The molecular formula is C15H16Cl2N4S. The molecule has 4 nitrogen and oxygen atoms in total. The van der Waals surface area contributed by atoms with Gasteiger partial charge < -0.3 is 4.57 Å². The summed E-state index contributed by atoms with van der Waals surface area (Å²) in [6.07, 6.45) is 6.31. The van der Waals surface area contributed by atoms with Crippen LogP contribution in [-0.4, -0.2) is 19.7 Å². The molecule has 0 aromatic carbocycles. The average molecular weight is 355 g/mol. The maximum atomic E-state index is 6.15. The molecule has 2 aromatic rings. The van der Waals surface area contributed by atoms with Crippen molar-refractivity contribution in [2.45, 2.75) is 55.0 Å². The van der Waals surface area contributed by atoms with Crippen molar-refractivity contribution in [3.8, 4) is 0 Å². The monoisotopic (exact) mass is 354 g/mol. The van der Waals surface area contributed by atoms with Crippen LogP contribution < -0.4 is 0 Å². The van der Waals surface area contributed by atoms with Crippen molar-refractivity contribution in [2.75, 3.05) is 0 Å². The molecule has 2 saturated carbocycles. The maximum Gasteiger partial charge on any atom is 0.191 e. The third kappa shape index (κ3) is 2.86. The van der Waals surface area contributed by atoms with Gasteiger partial charge in [0.1, 0.15) is 16.1 Å². The average Bonchev–Trinajstić information content (AvgIpc) is 3.19. The number of hydrogen-bond acceptors (Lipinski definition) is 4. The summed E-state index contributed by atoms with van der Waals surface area (Å²) in [6, 6.07) is 4.30. The lowest BCUT2D eigenvalue weighted by Gasteiger charge is -2.25. The van der Waals surface area contributed by atoms with Gasteiger partial charge in [0.05, 0.1) is 0 Å². The van der Waals surface area contributed by atoms with Crippen LogP contribution in [0.15, 0.2) is 17.3 Å². The number of rotatable bonds is 5. The minimum Gasteiger partial charge on any atom is -0.303 e. The Morgan fingerprint density at radius 3 is 2.59 bits per heavy atom. The molecule has 0 amide bonds. The van der Waals surface area contributed by atoms with Crippen LogP contribution in [0.4, 0.5) is 0 Å². The van der Waals surface area contributed by atoms with Gasteiger partial charge in [0, 0.05) is 17.7 Å². The Morgan fingerprint density at radius 2 is 1.95 bits per heavy atom. The van der Waals surface area contributed by atoms with Crippen LogP contribution in [-0.2, 0) is 5.75 Å². The second kappa shape index (κ2) is 6.02. The molecule has 2 heterocycles. The quantitative estimate of drug-likeness (QED) is 0.567. The Balaban J connectivity index is 1.54. The molecule has 2 aliphatic rings. The topological polar surface area (TPSA) is 43.6 Å². The molecule has 0 bridgehead atoms. The highest BCUT2D eigenvalue weighted by Crippen LogP contribution is 2.44. The Bertz CT molecular complexity index is 695. The SMILES string of the molecule is Clc1ccc(CSc2nnc(C3CCC3)n2C2CC2)c(Cl)n1. The first-order chi connectivity index (χ1) is 10.7. The zero-order valence-corrected chi connectivity index (χ0v) is 14.3. The molecule has 0 saturated heterocycles. The van der Waals surface area contributed by atoms with Gasteiger partial charge in [-0.05, 0) is 37.3 Å². The van der Waals surface area contributed by atoms with Crippen LogP contribution in [0.2, 0.25) is 10.3 Å². The van der Waals surface area contributed by atoms with Crippen molar-refractivity contribution in [1.82, 2.24) is 19.7 Å². The Morgan fingerprint density at radius 1 is 1.14 bits per heavy atom. The molecular weight excluding hydrogens is 339 g/mol. The molecule has 4 rings (SSSR count). The molecule has 0 aliphatic heterocycles. The summed E-state index contributed by atoms with van der Waals surface area (Å²) in [6.45, 7) is 0. The highest BCUT2D eigenvalue weighted by atomic mass is 35.5. The van der Waals surface area contributed by atoms with E-state index in [1.165, 1.54) is 37.9 Å². The third-order valence-electron chi connectivity index (χ3n) is 4.32. The van der Waals surface area contributed by atoms with Crippen molar-refractivity contribution in [3.05, 3.63) is 33.8 Å². The predicted octanol–water partition coefficient (Wildman–Crippen LogP) is 4.87. The van der Waals surface area contributed by atoms with Crippen LogP contribution in [0, 0.1) is 0 Å². The molecule has 2 aromatic heterocycles. The lowest BCUT2D eigenvalue weighted by atomic mass is 9.85. The fourth-order valence-electron chi connectivity index (χ4n) is 2.70. The van der Waals surface area contributed by atoms with Gasteiger partial charge in [-0.3, -0.25) is 0 Å². The van der Waals surface area contributed by atoms with Crippen molar-refractivity contribution < 1.29 is 0 Å². The second-order valence-corrected chi connectivity index (χ2v) is 7.63. The van der Waals surface area contributed by atoms with Crippen molar-refractivity contribution >= 4 is 35.0 Å². The standard InChI is InChI=1S/C15H16Cl2N4S/c16-12-7-4-10(13(17)18-12)8-22-15-20-19-14(9-2-1-3-9)21(15)11-5-6-11/h4,7,9,11H,1-3,5-6,8H2. The van der Waals surface area contributed by atoms with Crippen LogP contribution in [0.25, 0.3) is 0 Å². The first-order valence-electron chi connectivity index (χ1n) is 7.61. The van der Waals surface area contributed by atoms with Crippen LogP contribution >= 0.6 is 35.0 Å². The lowest BCUT2D eigenvalue weighted by molar-refractivity contribution is 0.383. The van der Waals surface area contributed by atoms with Gasteiger partial charge in [-0.25, -0.2) is 4.98 Å². The zero-order chi connectivity index (χ0) is 15.1. The summed E-state index contributed by atoms with van der Waals surface area (Å²) in [4.78, 5) is 4.09. The Hall–Kier alpha value is -0.780. The largest absolute Gasteiger partial charge is 0.303 e. The minimum atomic E-state index is 0.423. The number of hydrogen-bond donors (Lipinski definition) is 0. The minimum absolute atomic E-state index is 0.423. The van der Waals surface area contributed by atoms with Crippen molar-refractivity contribution in [2.24, 2.45) is 0 Å². The molecule has 0 radical (unpaired) electrons. The lowest BCUT2D eigenvalue weighted by Crippen LogP contribution is -2.15. The van der Waals surface area contributed by atoms with E-state index in [1.807, 2.05) is 6.07 Å². The van der Waals surface area contributed by atoms with E-state index in [0.29, 0.717) is 22.3 Å². The molecule has 0 unspecified atom stereocenters. The first kappa shape index (κ1) is 14.8. The number of thioether (sulfide) groups is 1. The van der Waals surface area contributed by atoms with E-state index in [9.17, 15) is 0 Å². The van der Waals surface area contributed by atoms with Crippen molar-refractivity contribution in [3.63, 3.8) is 0 Å². The van der Waals surface area contributed by atoms with E-state index in [0.717, 1.165) is 16.5 Å². The highest BCUT2D eigenvalue weighted by molar-refractivity contribution is 7.98. The second-order valence-electron chi connectivity index (χ2n) is 5.94. The summed E-state index contributed by atoms with van der Waals surface area (Å²) >= 11 is 13.7. The van der Waals surface area contributed by atoms with Crippen LogP contribution in [0.1, 0.15) is 55.5 Å². The van der Waals surface area contributed by atoms with Gasteiger partial charge in [-0.15, -0.1) is 10.2 Å². The molecule has 2 fully saturated rings. The zero-order valence-electron chi connectivity index (χ0n) is 12.0. The van der Waals surface area contributed by atoms with Gasteiger partial charge in [0.2, 0.25) is 0 Å². The fourth-order valence-corrected chi connectivity index (χ4v) is 4.19. The van der Waals surface area contributed by atoms with Gasteiger partial charge >= 0.3 is 0 Å². The number of nitrogens with zero attached hydrogens (tertiary/aromatic N) is 4. The third-order valence-corrected chi connectivity index (χ3v) is 5.85. The number of halogens is 2. The van der Waals surface area contributed by atoms with E-state index in [4.69, 9.17) is 23.2 Å². The summed E-state index contributed by atoms with van der Waals surface area (Å²) in [7, 11) is 0. The molecule has 0 spiro atoms. The highest BCUT2D eigenvalue weighted by Gasteiger charge is 2.34. The van der Waals surface area contributed by atoms with Gasteiger partial charge in [-0.2, -0.15) is 0 Å². The van der Waals surface area contributed by atoms with E-state index in [-0.39, 0.29) is 0 Å². The number of pyridine rings is 1. The predicted molar refractivity (Wildman–Crippen MR) is 88.7 cm³/mol. The molecule has 22 heavy (non-hydrogen) atoms. The van der Waals surface area contributed by atoms with E-state index in [2.05, 4.69) is 19.7 Å². The van der Waals surface area contributed by atoms with Gasteiger partial charge in [-0.1, -0.05) is 47.5 Å². The molecule has 0 atom stereocenters. The normalized spacial score (nSPS) is 18.5. The van der Waals surface area contributed by atoms with Crippen LogP contribution in [0.3, 0.4) is 0 Å². The van der Waals surface area contributed by atoms with Gasteiger partial charge in [0.25, 0.3) is 0 Å². The van der Waals surface area contributed by atoms with E-state index >= 15 is 0 Å². The maximum absolute atomic E-state index is 6.15. The summed E-state index contributed by atoms with van der Waals surface area (Å²) in [5, 5.41) is 10.8. The molecule has 0 N–H and O–H groups in total. The first-order valence-corrected chi connectivity index (χ1v) is 9.35. The van der Waals surface area contributed by atoms with E-state index < -0.39 is 0 Å². The van der Waals surface area contributed by atoms with E-state index in [1.54, 1.807) is 17.8 Å². The fraction of sp³-hybridized carbons (Fsp3) is 0.533. The number of aromatic nitrogens is 4. The van der Waals surface area contributed by atoms with Gasteiger partial charge in [0.15, 0.2) is 5.16 Å². The summed E-state index contributed by atoms with van der Waals surface area (Å²) in [5.74, 6) is 2.54. The molecule has 116 valence electrons. The molecule has 2 aliphatic carbocycles. The summed E-state index contributed by atoms with van der Waals surface area (Å²) in [5.41, 5.74) is 0.978. The Kier molecular flexibility index (Phi) is 4.05. The van der Waals surface area contributed by atoms with Crippen LogP contribution in [0.5, 0.6) is 0 Å². The Labute approximate surface area is 143 Å². The van der Waals surface area contributed by atoms with Crippen molar-refractivity contribution in [1.29, 1.82) is 0 Å².